The van der Waals surface area contributed by atoms with Gasteiger partial charge in [0.2, 0.25) is 0 Å². The minimum atomic E-state index is -0.842. The molecule has 0 spiro atoms. The molecular formula is C16H14O2. The number of benzene rings is 2. The van der Waals surface area contributed by atoms with Gasteiger partial charge in [-0.1, -0.05) is 48.5 Å². The van der Waals surface area contributed by atoms with E-state index >= 15 is 0 Å². The highest BCUT2D eigenvalue weighted by atomic mass is 16.5. The van der Waals surface area contributed by atoms with Crippen molar-refractivity contribution in [1.29, 1.82) is 0 Å². The Morgan fingerprint density at radius 2 is 1.72 bits per heavy atom. The van der Waals surface area contributed by atoms with Gasteiger partial charge in [-0.25, -0.2) is 0 Å². The summed E-state index contributed by atoms with van der Waals surface area (Å²) in [6.45, 7) is 1.60. The van der Waals surface area contributed by atoms with Gasteiger partial charge in [0, 0.05) is 12.0 Å². The van der Waals surface area contributed by atoms with Gasteiger partial charge in [-0.05, 0) is 18.6 Å². The van der Waals surface area contributed by atoms with Gasteiger partial charge < -0.3 is 4.74 Å². The fraction of sp³-hybridized carbons (Fsp3) is 0.188. The van der Waals surface area contributed by atoms with E-state index in [1.54, 1.807) is 6.92 Å². The second-order valence-corrected chi connectivity index (χ2v) is 4.64. The number of para-hydroxylation sites is 1. The maximum Gasteiger partial charge on any atom is 0.195 e. The number of rotatable bonds is 2. The highest BCUT2D eigenvalue weighted by Gasteiger charge is 2.45. The van der Waals surface area contributed by atoms with E-state index in [0.717, 1.165) is 16.9 Å². The average Bonchev–Trinajstić information content (AvgIpc) is 2.80. The van der Waals surface area contributed by atoms with Crippen molar-refractivity contribution in [3.63, 3.8) is 0 Å². The molecule has 0 saturated carbocycles. The molecule has 1 aliphatic heterocycles. The molecule has 2 nitrogen and oxygen atoms in total. The van der Waals surface area contributed by atoms with Crippen LogP contribution in [0.3, 0.4) is 0 Å². The number of ether oxygens (including phenoxy) is 1. The van der Waals surface area contributed by atoms with Crippen LogP contribution in [0.5, 0.6) is 5.75 Å². The lowest BCUT2D eigenvalue weighted by atomic mass is 9.86. The average molecular weight is 238 g/mol. The highest BCUT2D eigenvalue weighted by molar-refractivity contribution is 5.88. The molecule has 90 valence electrons. The molecule has 2 aromatic carbocycles. The van der Waals surface area contributed by atoms with Crippen molar-refractivity contribution < 1.29 is 9.53 Å². The van der Waals surface area contributed by atoms with E-state index in [2.05, 4.69) is 0 Å². The van der Waals surface area contributed by atoms with Crippen LogP contribution in [0.4, 0.5) is 0 Å². The van der Waals surface area contributed by atoms with Crippen molar-refractivity contribution in [3.8, 4) is 5.75 Å². The van der Waals surface area contributed by atoms with E-state index in [1.807, 2.05) is 54.6 Å². The quantitative estimate of drug-likeness (QED) is 0.803. The molecule has 0 radical (unpaired) electrons. The Morgan fingerprint density at radius 3 is 2.39 bits per heavy atom. The van der Waals surface area contributed by atoms with Crippen LogP contribution in [0, 0.1) is 0 Å². The molecule has 0 fully saturated rings. The molecule has 18 heavy (non-hydrogen) atoms. The number of carbonyl (C=O) groups is 1. The standard InChI is InChI=1S/C16H14O2/c1-12(17)16(14-8-3-2-4-9-14)11-13-7-5-6-10-15(13)18-16/h2-10H,11H2,1H3/t16-/m1/s1. The summed E-state index contributed by atoms with van der Waals surface area (Å²) >= 11 is 0. The third kappa shape index (κ3) is 1.53. The van der Waals surface area contributed by atoms with E-state index in [4.69, 9.17) is 4.74 Å². The van der Waals surface area contributed by atoms with Crippen LogP contribution in [0.15, 0.2) is 54.6 Å². The monoisotopic (exact) mass is 238 g/mol. The summed E-state index contributed by atoms with van der Waals surface area (Å²) in [5.74, 6) is 0.862. The molecule has 2 heteroatoms. The van der Waals surface area contributed by atoms with Crippen molar-refractivity contribution in [2.45, 2.75) is 18.9 Å². The van der Waals surface area contributed by atoms with Crippen LogP contribution >= 0.6 is 0 Å². The molecule has 3 rings (SSSR count). The lowest BCUT2D eigenvalue weighted by molar-refractivity contribution is -0.131. The second kappa shape index (κ2) is 3.98. The first kappa shape index (κ1) is 11.0. The first-order valence-electron chi connectivity index (χ1n) is 6.06. The summed E-state index contributed by atoms with van der Waals surface area (Å²) in [5.41, 5.74) is 1.18. The van der Waals surface area contributed by atoms with Crippen LogP contribution in [-0.2, 0) is 16.8 Å². The van der Waals surface area contributed by atoms with Gasteiger partial charge >= 0.3 is 0 Å². The summed E-state index contributed by atoms with van der Waals surface area (Å²) in [7, 11) is 0. The molecule has 2 aromatic rings. The maximum atomic E-state index is 12.1. The fourth-order valence-electron chi connectivity index (χ4n) is 2.51. The van der Waals surface area contributed by atoms with E-state index in [9.17, 15) is 4.79 Å². The van der Waals surface area contributed by atoms with Crippen molar-refractivity contribution >= 4 is 5.78 Å². The molecule has 0 aliphatic carbocycles. The number of ketones is 1. The molecular weight excluding hydrogens is 224 g/mol. The predicted octanol–water partition coefficient (Wildman–Crippen LogP) is 3.11. The first-order chi connectivity index (χ1) is 8.72. The number of Topliss-reactive ketones (excluding diaryl/α,β-unsaturated/α-hetero) is 1. The number of fused-ring (bicyclic) bond motifs is 1. The Hall–Kier alpha value is -2.09. The van der Waals surface area contributed by atoms with Crippen molar-refractivity contribution in [1.82, 2.24) is 0 Å². The molecule has 0 N–H and O–H groups in total. The SMILES string of the molecule is CC(=O)[C@@]1(c2ccccc2)Cc2ccccc2O1. The lowest BCUT2D eigenvalue weighted by Crippen LogP contribution is -2.38. The Morgan fingerprint density at radius 1 is 1.06 bits per heavy atom. The van der Waals surface area contributed by atoms with Crippen molar-refractivity contribution in [3.05, 3.63) is 65.7 Å². The summed E-state index contributed by atoms with van der Waals surface area (Å²) in [6, 6.07) is 17.6. The van der Waals surface area contributed by atoms with Gasteiger partial charge in [0.1, 0.15) is 5.75 Å². The van der Waals surface area contributed by atoms with Gasteiger partial charge in [-0.3, -0.25) is 4.79 Å². The third-order valence-electron chi connectivity index (χ3n) is 3.51. The zero-order valence-corrected chi connectivity index (χ0v) is 10.2. The van der Waals surface area contributed by atoms with Gasteiger partial charge in [-0.2, -0.15) is 0 Å². The fourth-order valence-corrected chi connectivity index (χ4v) is 2.51. The molecule has 0 aromatic heterocycles. The molecule has 0 bridgehead atoms. The highest BCUT2D eigenvalue weighted by Crippen LogP contribution is 2.41. The second-order valence-electron chi connectivity index (χ2n) is 4.64. The van der Waals surface area contributed by atoms with Gasteiger partial charge in [0.15, 0.2) is 11.4 Å². The van der Waals surface area contributed by atoms with Gasteiger partial charge in [0.05, 0.1) is 0 Å². The Balaban J connectivity index is 2.11. The van der Waals surface area contributed by atoms with Crippen LogP contribution in [0.1, 0.15) is 18.1 Å². The Labute approximate surface area is 106 Å². The number of carbonyl (C=O) groups excluding carboxylic acids is 1. The van der Waals surface area contributed by atoms with Gasteiger partial charge in [0.25, 0.3) is 0 Å². The van der Waals surface area contributed by atoms with Crippen LogP contribution in [0.25, 0.3) is 0 Å². The zero-order valence-electron chi connectivity index (χ0n) is 10.2. The van der Waals surface area contributed by atoms with E-state index < -0.39 is 5.60 Å². The van der Waals surface area contributed by atoms with E-state index in [1.165, 1.54) is 0 Å². The molecule has 0 amide bonds. The summed E-state index contributed by atoms with van der Waals surface area (Å²) in [6.07, 6.45) is 0.614. The maximum absolute atomic E-state index is 12.1. The number of hydrogen-bond acceptors (Lipinski definition) is 2. The first-order valence-corrected chi connectivity index (χ1v) is 6.06. The topological polar surface area (TPSA) is 26.3 Å². The summed E-state index contributed by atoms with van der Waals surface area (Å²) in [4.78, 5) is 12.1. The van der Waals surface area contributed by atoms with Crippen LogP contribution < -0.4 is 4.74 Å². The molecule has 1 atom stereocenters. The largest absolute Gasteiger partial charge is 0.474 e. The normalized spacial score (nSPS) is 21.2. The number of hydrogen-bond donors (Lipinski definition) is 0. The van der Waals surface area contributed by atoms with Gasteiger partial charge in [-0.15, -0.1) is 0 Å². The summed E-state index contributed by atoms with van der Waals surface area (Å²) < 4.78 is 5.99. The lowest BCUT2D eigenvalue weighted by Gasteiger charge is -2.26. The van der Waals surface area contributed by atoms with E-state index in [-0.39, 0.29) is 5.78 Å². The van der Waals surface area contributed by atoms with E-state index in [0.29, 0.717) is 6.42 Å². The molecule has 1 aliphatic rings. The third-order valence-corrected chi connectivity index (χ3v) is 3.51. The predicted molar refractivity (Wildman–Crippen MR) is 69.6 cm³/mol. The minimum absolute atomic E-state index is 0.0462. The zero-order chi connectivity index (χ0) is 12.6. The van der Waals surface area contributed by atoms with Crippen molar-refractivity contribution in [2.24, 2.45) is 0 Å². The minimum Gasteiger partial charge on any atom is -0.474 e. The van der Waals surface area contributed by atoms with Crippen molar-refractivity contribution in [2.75, 3.05) is 0 Å². The molecule has 0 saturated heterocycles. The Bertz CT molecular complexity index is 562. The summed E-state index contributed by atoms with van der Waals surface area (Å²) in [5, 5.41) is 0. The van der Waals surface area contributed by atoms with Crippen LogP contribution in [-0.4, -0.2) is 5.78 Å². The smallest absolute Gasteiger partial charge is 0.195 e. The molecule has 1 heterocycles. The molecule has 0 unspecified atom stereocenters. The Kier molecular flexibility index (Phi) is 2.44. The van der Waals surface area contributed by atoms with Crippen LogP contribution in [0.2, 0.25) is 0 Å².